The smallest absolute Gasteiger partial charge is 0.191 e. The summed E-state index contributed by atoms with van der Waals surface area (Å²) in [5.74, 6) is 0.794. The van der Waals surface area contributed by atoms with Crippen LogP contribution in [0.4, 0.5) is 0 Å². The highest BCUT2D eigenvalue weighted by molar-refractivity contribution is 5.80. The predicted octanol–water partition coefficient (Wildman–Crippen LogP) is 1.93. The van der Waals surface area contributed by atoms with Crippen LogP contribution in [0.15, 0.2) is 29.5 Å². The first-order valence-electron chi connectivity index (χ1n) is 9.58. The van der Waals surface area contributed by atoms with E-state index in [0.717, 1.165) is 44.0 Å². The van der Waals surface area contributed by atoms with Gasteiger partial charge < -0.3 is 20.6 Å². The molecule has 0 amide bonds. The number of aliphatic hydroxyl groups excluding tert-OH is 1. The molecule has 1 aromatic heterocycles. The lowest BCUT2D eigenvalue weighted by atomic mass is 10.0. The van der Waals surface area contributed by atoms with Crippen molar-refractivity contribution in [1.29, 1.82) is 0 Å². The van der Waals surface area contributed by atoms with Crippen LogP contribution in [0.25, 0.3) is 0 Å². The summed E-state index contributed by atoms with van der Waals surface area (Å²) in [6, 6.07) is 4.10. The monoisotopic (exact) mass is 347 g/mol. The first kappa shape index (κ1) is 19.7. The van der Waals surface area contributed by atoms with Gasteiger partial charge in [0.15, 0.2) is 5.96 Å². The van der Waals surface area contributed by atoms with Gasteiger partial charge in [-0.15, -0.1) is 0 Å². The third-order valence-corrected chi connectivity index (χ3v) is 4.61. The number of rotatable bonds is 8. The molecule has 140 valence electrons. The Hall–Kier alpha value is -1.66. The Morgan fingerprint density at radius 1 is 1.32 bits per heavy atom. The molecular weight excluding hydrogens is 314 g/mol. The van der Waals surface area contributed by atoms with Crippen LogP contribution in [-0.2, 0) is 0 Å². The van der Waals surface area contributed by atoms with Crippen LogP contribution in [0.3, 0.4) is 0 Å². The van der Waals surface area contributed by atoms with Crippen LogP contribution in [-0.4, -0.2) is 59.7 Å². The topological polar surface area (TPSA) is 72.8 Å². The Balaban J connectivity index is 1.82. The Morgan fingerprint density at radius 2 is 2.04 bits per heavy atom. The third kappa shape index (κ3) is 7.00. The maximum atomic E-state index is 10.3. The number of piperidine rings is 1. The Morgan fingerprint density at radius 3 is 2.68 bits per heavy atom. The van der Waals surface area contributed by atoms with Crippen LogP contribution in [0.1, 0.15) is 51.2 Å². The minimum Gasteiger partial charge on any atom is -0.386 e. The first-order chi connectivity index (χ1) is 12.2. The summed E-state index contributed by atoms with van der Waals surface area (Å²) in [6.07, 6.45) is 7.61. The van der Waals surface area contributed by atoms with Gasteiger partial charge in [-0.3, -0.25) is 9.98 Å². The highest BCUT2D eigenvalue weighted by Crippen LogP contribution is 2.13. The number of aliphatic imine (C=N–C) groups is 1. The maximum absolute atomic E-state index is 10.3. The molecule has 3 N–H and O–H groups in total. The van der Waals surface area contributed by atoms with Gasteiger partial charge in [0, 0.05) is 38.1 Å². The molecule has 1 atom stereocenters. The summed E-state index contributed by atoms with van der Waals surface area (Å²) in [4.78, 5) is 11.1. The van der Waals surface area contributed by atoms with E-state index < -0.39 is 6.10 Å². The molecule has 0 radical (unpaired) electrons. The fraction of sp³-hybridized carbons (Fsp3) is 0.684. The normalized spacial score (nSPS) is 18.1. The average Bonchev–Trinajstić information content (AvgIpc) is 2.66. The van der Waals surface area contributed by atoms with Crippen molar-refractivity contribution in [3.63, 3.8) is 0 Å². The number of nitrogens with zero attached hydrogens (tertiary/aromatic N) is 3. The molecule has 25 heavy (non-hydrogen) atoms. The molecule has 0 bridgehead atoms. The zero-order valence-corrected chi connectivity index (χ0v) is 15.6. The van der Waals surface area contributed by atoms with Gasteiger partial charge in [-0.1, -0.05) is 13.3 Å². The van der Waals surface area contributed by atoms with Crippen molar-refractivity contribution in [3.05, 3.63) is 30.1 Å². The molecular formula is C19H33N5O. The number of aromatic nitrogens is 1. The van der Waals surface area contributed by atoms with Gasteiger partial charge in [-0.05, 0) is 50.4 Å². The van der Waals surface area contributed by atoms with Crippen molar-refractivity contribution in [2.75, 3.05) is 32.7 Å². The molecule has 1 aliphatic heterocycles. The molecule has 1 unspecified atom stereocenters. The van der Waals surface area contributed by atoms with E-state index in [1.54, 1.807) is 12.4 Å². The molecule has 2 heterocycles. The molecule has 6 nitrogen and oxygen atoms in total. The van der Waals surface area contributed by atoms with Gasteiger partial charge in [0.25, 0.3) is 0 Å². The van der Waals surface area contributed by atoms with Crippen LogP contribution >= 0.6 is 0 Å². The van der Waals surface area contributed by atoms with E-state index in [2.05, 4.69) is 39.4 Å². The van der Waals surface area contributed by atoms with Gasteiger partial charge >= 0.3 is 0 Å². The van der Waals surface area contributed by atoms with E-state index in [1.165, 1.54) is 19.4 Å². The fourth-order valence-electron chi connectivity index (χ4n) is 3.06. The molecule has 1 aliphatic rings. The van der Waals surface area contributed by atoms with Crippen molar-refractivity contribution in [2.24, 2.45) is 4.99 Å². The lowest BCUT2D eigenvalue weighted by molar-refractivity contribution is 0.186. The SMILES string of the molecule is CCCCN1CCC(NC(=NCC(O)c2ccncc2)NCC)CC1. The number of likely N-dealkylation sites (tertiary alicyclic amines) is 1. The predicted molar refractivity (Wildman–Crippen MR) is 103 cm³/mol. The van der Waals surface area contributed by atoms with Crippen LogP contribution in [0.5, 0.6) is 0 Å². The number of hydrogen-bond acceptors (Lipinski definition) is 4. The fourth-order valence-corrected chi connectivity index (χ4v) is 3.06. The van der Waals surface area contributed by atoms with E-state index in [1.807, 2.05) is 12.1 Å². The number of nitrogens with one attached hydrogen (secondary N) is 2. The van der Waals surface area contributed by atoms with E-state index in [0.29, 0.717) is 12.6 Å². The Kier molecular flexibility index (Phi) is 8.69. The maximum Gasteiger partial charge on any atom is 0.191 e. The van der Waals surface area contributed by atoms with Crippen molar-refractivity contribution in [3.8, 4) is 0 Å². The van der Waals surface area contributed by atoms with Crippen molar-refractivity contribution in [1.82, 2.24) is 20.5 Å². The van der Waals surface area contributed by atoms with Crippen molar-refractivity contribution < 1.29 is 5.11 Å². The standard InChI is InChI=1S/C19H33N5O/c1-3-5-12-24-13-8-17(9-14-24)23-19(21-4-2)22-15-18(25)16-6-10-20-11-7-16/h6-7,10-11,17-18,25H,3-5,8-9,12-15H2,1-2H3,(H2,21,22,23). The van der Waals surface area contributed by atoms with Crippen LogP contribution in [0.2, 0.25) is 0 Å². The number of guanidine groups is 1. The molecule has 0 aromatic carbocycles. The summed E-state index contributed by atoms with van der Waals surface area (Å²) >= 11 is 0. The second-order valence-corrected chi connectivity index (χ2v) is 6.63. The quantitative estimate of drug-likeness (QED) is 0.495. The second-order valence-electron chi connectivity index (χ2n) is 6.63. The third-order valence-electron chi connectivity index (χ3n) is 4.61. The Labute approximate surface area is 151 Å². The van der Waals surface area contributed by atoms with Gasteiger partial charge in [-0.25, -0.2) is 0 Å². The minimum absolute atomic E-state index is 0.342. The number of pyridine rings is 1. The lowest BCUT2D eigenvalue weighted by Gasteiger charge is -2.33. The van der Waals surface area contributed by atoms with E-state index in [9.17, 15) is 5.11 Å². The van der Waals surface area contributed by atoms with Gasteiger partial charge in [-0.2, -0.15) is 0 Å². The average molecular weight is 348 g/mol. The summed E-state index contributed by atoms with van der Waals surface area (Å²) in [5.41, 5.74) is 0.846. The van der Waals surface area contributed by atoms with Crippen LogP contribution < -0.4 is 10.6 Å². The molecule has 0 spiro atoms. The molecule has 6 heteroatoms. The molecule has 2 rings (SSSR count). The largest absolute Gasteiger partial charge is 0.386 e. The summed E-state index contributed by atoms with van der Waals surface area (Å²) in [7, 11) is 0. The summed E-state index contributed by atoms with van der Waals surface area (Å²) in [6.45, 7) is 8.97. The molecule has 1 aromatic rings. The van der Waals surface area contributed by atoms with Crippen molar-refractivity contribution >= 4 is 5.96 Å². The molecule has 0 aliphatic carbocycles. The Bertz CT molecular complexity index is 500. The number of aliphatic hydroxyl groups is 1. The number of unbranched alkanes of at least 4 members (excludes halogenated alkanes) is 1. The van der Waals surface area contributed by atoms with E-state index in [-0.39, 0.29) is 0 Å². The second kappa shape index (κ2) is 11.1. The van der Waals surface area contributed by atoms with E-state index >= 15 is 0 Å². The minimum atomic E-state index is -0.602. The molecule has 1 fully saturated rings. The van der Waals surface area contributed by atoms with Crippen molar-refractivity contribution in [2.45, 2.75) is 51.7 Å². The first-order valence-corrected chi connectivity index (χ1v) is 9.58. The highest BCUT2D eigenvalue weighted by atomic mass is 16.3. The zero-order chi connectivity index (χ0) is 17.9. The molecule has 1 saturated heterocycles. The lowest BCUT2D eigenvalue weighted by Crippen LogP contribution is -2.48. The van der Waals surface area contributed by atoms with Gasteiger partial charge in [0.1, 0.15) is 0 Å². The number of hydrogen-bond donors (Lipinski definition) is 3. The highest BCUT2D eigenvalue weighted by Gasteiger charge is 2.19. The summed E-state index contributed by atoms with van der Waals surface area (Å²) in [5, 5.41) is 17.1. The van der Waals surface area contributed by atoms with Gasteiger partial charge in [0.05, 0.1) is 12.6 Å². The van der Waals surface area contributed by atoms with Crippen LogP contribution in [0, 0.1) is 0 Å². The molecule has 0 saturated carbocycles. The summed E-state index contributed by atoms with van der Waals surface area (Å²) < 4.78 is 0. The zero-order valence-electron chi connectivity index (χ0n) is 15.6. The van der Waals surface area contributed by atoms with Gasteiger partial charge in [0.2, 0.25) is 0 Å². The van der Waals surface area contributed by atoms with E-state index in [4.69, 9.17) is 0 Å².